The van der Waals surface area contributed by atoms with Crippen LogP contribution in [0.3, 0.4) is 0 Å². The summed E-state index contributed by atoms with van der Waals surface area (Å²) in [7, 11) is -0.486. The molecule has 0 spiro atoms. The molecule has 0 radical (unpaired) electrons. The van der Waals surface area contributed by atoms with Crippen LogP contribution < -0.4 is 5.46 Å². The molecule has 1 saturated heterocycles. The molecule has 172 valence electrons. The predicted octanol–water partition coefficient (Wildman–Crippen LogP) is 7.92. The fourth-order valence-electron chi connectivity index (χ4n) is 5.14. The van der Waals surface area contributed by atoms with Gasteiger partial charge in [-0.25, -0.2) is 0 Å². The summed E-state index contributed by atoms with van der Waals surface area (Å²) in [6.45, 7) is 8.32. The summed E-state index contributed by atoms with van der Waals surface area (Å²) in [4.78, 5) is 0. The molecular formula is C30H25BO3S. The summed E-state index contributed by atoms with van der Waals surface area (Å²) >= 11 is 1.84. The number of hydrogen-bond acceptors (Lipinski definition) is 4. The topological polar surface area (TPSA) is 31.6 Å². The van der Waals surface area contributed by atoms with Crippen molar-refractivity contribution in [3.05, 3.63) is 78.9 Å². The van der Waals surface area contributed by atoms with Gasteiger partial charge < -0.3 is 13.7 Å². The molecule has 0 N–H and O–H groups in total. The zero-order chi connectivity index (χ0) is 23.9. The first kappa shape index (κ1) is 21.2. The fraction of sp³-hybridized carbons (Fsp3) is 0.200. The van der Waals surface area contributed by atoms with Crippen molar-refractivity contribution in [2.24, 2.45) is 0 Å². The Hall–Kier alpha value is -3.12. The maximum absolute atomic E-state index is 6.48. The van der Waals surface area contributed by atoms with Gasteiger partial charge in [0, 0.05) is 36.4 Å². The SMILES string of the molecule is CC1(C)OB(c2ccc(-c3ccc4sc5ccccc5c4c3)c3c2oc2ccccc23)OC1(C)C. The lowest BCUT2D eigenvalue weighted by molar-refractivity contribution is 0.00578. The fourth-order valence-corrected chi connectivity index (χ4v) is 6.22. The Bertz CT molecular complexity index is 1760. The number of benzene rings is 4. The van der Waals surface area contributed by atoms with Gasteiger partial charge in [0.1, 0.15) is 11.2 Å². The van der Waals surface area contributed by atoms with E-state index in [0.29, 0.717) is 0 Å². The number of furan rings is 1. The lowest BCUT2D eigenvalue weighted by Crippen LogP contribution is -2.41. The van der Waals surface area contributed by atoms with E-state index in [0.717, 1.165) is 33.0 Å². The molecular weight excluding hydrogens is 451 g/mol. The standard InChI is InChI=1S/C30H25BO3S/c1-29(2)30(3,4)34-31(33-29)23-15-14-19(27-21-10-5-7-11-24(21)32-28(23)27)18-13-16-26-22(17-18)20-9-6-8-12-25(20)35-26/h5-17H,1-4H3. The Kier molecular flexibility index (Phi) is 4.36. The van der Waals surface area contributed by atoms with E-state index >= 15 is 0 Å². The van der Waals surface area contributed by atoms with Gasteiger partial charge in [0.2, 0.25) is 0 Å². The van der Waals surface area contributed by atoms with E-state index in [1.165, 1.54) is 25.7 Å². The molecule has 0 saturated carbocycles. The normalized spacial score (nSPS) is 17.3. The summed E-state index contributed by atoms with van der Waals surface area (Å²) < 4.78 is 21.9. The van der Waals surface area contributed by atoms with Crippen LogP contribution in [0.4, 0.5) is 0 Å². The number of fused-ring (bicyclic) bond motifs is 6. The lowest BCUT2D eigenvalue weighted by Gasteiger charge is -2.32. The first-order valence-corrected chi connectivity index (χ1v) is 12.9. The highest BCUT2D eigenvalue weighted by molar-refractivity contribution is 7.25. The van der Waals surface area contributed by atoms with Gasteiger partial charge in [-0.05, 0) is 63.1 Å². The maximum Gasteiger partial charge on any atom is 0.498 e. The predicted molar refractivity (Wildman–Crippen MR) is 148 cm³/mol. The van der Waals surface area contributed by atoms with Crippen LogP contribution in [0.1, 0.15) is 27.7 Å². The van der Waals surface area contributed by atoms with Crippen LogP contribution in [0.2, 0.25) is 0 Å². The highest BCUT2D eigenvalue weighted by Gasteiger charge is 2.52. The molecule has 7 rings (SSSR count). The molecule has 0 atom stereocenters. The Labute approximate surface area is 208 Å². The molecule has 6 aromatic rings. The van der Waals surface area contributed by atoms with E-state index in [9.17, 15) is 0 Å². The minimum absolute atomic E-state index is 0.417. The van der Waals surface area contributed by atoms with E-state index in [1.807, 2.05) is 23.5 Å². The van der Waals surface area contributed by atoms with Gasteiger partial charge in [0.05, 0.1) is 11.2 Å². The largest absolute Gasteiger partial charge is 0.498 e. The molecule has 0 aliphatic carbocycles. The first-order chi connectivity index (χ1) is 16.8. The van der Waals surface area contributed by atoms with Crippen LogP contribution >= 0.6 is 11.3 Å². The summed E-state index contributed by atoms with van der Waals surface area (Å²) in [6.07, 6.45) is 0. The van der Waals surface area contributed by atoms with Crippen LogP contribution in [0.15, 0.2) is 83.3 Å². The van der Waals surface area contributed by atoms with Crippen molar-refractivity contribution in [2.45, 2.75) is 38.9 Å². The average molecular weight is 476 g/mol. The molecule has 5 heteroatoms. The van der Waals surface area contributed by atoms with Crippen molar-refractivity contribution in [3.8, 4) is 11.1 Å². The van der Waals surface area contributed by atoms with Gasteiger partial charge in [-0.1, -0.05) is 54.6 Å². The Morgan fingerprint density at radius 1 is 0.686 bits per heavy atom. The Balaban J connectivity index is 1.48. The van der Waals surface area contributed by atoms with E-state index < -0.39 is 18.3 Å². The molecule has 3 heterocycles. The van der Waals surface area contributed by atoms with Crippen molar-refractivity contribution in [2.75, 3.05) is 0 Å². The Morgan fingerprint density at radius 2 is 1.37 bits per heavy atom. The zero-order valence-electron chi connectivity index (χ0n) is 20.2. The quantitative estimate of drug-likeness (QED) is 0.238. The number of hydrogen-bond donors (Lipinski definition) is 0. The zero-order valence-corrected chi connectivity index (χ0v) is 21.0. The highest BCUT2D eigenvalue weighted by atomic mass is 32.1. The number of rotatable bonds is 2. The summed E-state index contributed by atoms with van der Waals surface area (Å²) in [5, 5.41) is 4.80. The average Bonchev–Trinajstić information content (AvgIpc) is 3.47. The molecule has 3 nitrogen and oxygen atoms in total. The van der Waals surface area contributed by atoms with Crippen molar-refractivity contribution in [3.63, 3.8) is 0 Å². The molecule has 1 aliphatic rings. The van der Waals surface area contributed by atoms with Crippen LogP contribution in [0.25, 0.3) is 53.2 Å². The smallest absolute Gasteiger partial charge is 0.456 e. The summed E-state index contributed by atoms with van der Waals surface area (Å²) in [6, 6.07) is 28.0. The summed E-state index contributed by atoms with van der Waals surface area (Å²) in [5.74, 6) is 0. The van der Waals surface area contributed by atoms with Crippen molar-refractivity contribution in [1.82, 2.24) is 0 Å². The van der Waals surface area contributed by atoms with Crippen LogP contribution in [-0.4, -0.2) is 18.3 Å². The molecule has 4 aromatic carbocycles. The van der Waals surface area contributed by atoms with E-state index in [1.54, 1.807) is 0 Å². The number of para-hydroxylation sites is 1. The second kappa shape index (κ2) is 7.20. The molecule has 0 amide bonds. The van der Waals surface area contributed by atoms with E-state index in [-0.39, 0.29) is 0 Å². The first-order valence-electron chi connectivity index (χ1n) is 12.0. The summed E-state index contributed by atoms with van der Waals surface area (Å²) in [5.41, 5.74) is 4.13. The van der Waals surface area contributed by atoms with Crippen molar-refractivity contribution < 1.29 is 13.7 Å². The van der Waals surface area contributed by atoms with E-state index in [4.69, 9.17) is 13.7 Å². The van der Waals surface area contributed by atoms with Gasteiger partial charge in [-0.2, -0.15) is 0 Å². The van der Waals surface area contributed by atoms with Gasteiger partial charge in [-0.3, -0.25) is 0 Å². The minimum Gasteiger partial charge on any atom is -0.456 e. The molecule has 1 fully saturated rings. The molecule has 2 aromatic heterocycles. The van der Waals surface area contributed by atoms with E-state index in [2.05, 4.69) is 94.4 Å². The minimum atomic E-state index is -0.486. The monoisotopic (exact) mass is 476 g/mol. The maximum atomic E-state index is 6.48. The Morgan fingerprint density at radius 3 is 2.17 bits per heavy atom. The van der Waals surface area contributed by atoms with Crippen molar-refractivity contribution >= 4 is 66.0 Å². The molecule has 0 unspecified atom stereocenters. The van der Waals surface area contributed by atoms with Gasteiger partial charge >= 0.3 is 7.12 Å². The van der Waals surface area contributed by atoms with Gasteiger partial charge in [0.15, 0.2) is 0 Å². The molecule has 0 bridgehead atoms. The third kappa shape index (κ3) is 3.05. The second-order valence-electron chi connectivity index (χ2n) is 10.4. The second-order valence-corrected chi connectivity index (χ2v) is 11.5. The third-order valence-electron chi connectivity index (χ3n) is 7.75. The number of thiophene rings is 1. The van der Waals surface area contributed by atoms with Crippen LogP contribution in [0, 0.1) is 0 Å². The van der Waals surface area contributed by atoms with Crippen LogP contribution in [-0.2, 0) is 9.31 Å². The molecule has 35 heavy (non-hydrogen) atoms. The van der Waals surface area contributed by atoms with Gasteiger partial charge in [0.25, 0.3) is 0 Å². The van der Waals surface area contributed by atoms with Crippen LogP contribution in [0.5, 0.6) is 0 Å². The van der Waals surface area contributed by atoms with Crippen molar-refractivity contribution in [1.29, 1.82) is 0 Å². The lowest BCUT2D eigenvalue weighted by atomic mass is 9.77. The molecule has 1 aliphatic heterocycles. The van der Waals surface area contributed by atoms with Gasteiger partial charge in [-0.15, -0.1) is 11.3 Å². The highest BCUT2D eigenvalue weighted by Crippen LogP contribution is 2.42. The third-order valence-corrected chi connectivity index (χ3v) is 8.90.